The van der Waals surface area contributed by atoms with Crippen molar-refractivity contribution in [2.45, 2.75) is 52.6 Å². The molecule has 3 heteroatoms. The Labute approximate surface area is 103 Å². The van der Waals surface area contributed by atoms with E-state index in [9.17, 15) is 0 Å². The maximum atomic E-state index is 5.61. The summed E-state index contributed by atoms with van der Waals surface area (Å²) in [5.41, 5.74) is 5.39. The Morgan fingerprint density at radius 3 is 2.25 bits per heavy atom. The quantitative estimate of drug-likeness (QED) is 0.791. The SMILES string of the molecule is CCC.CCCN1CCC(OCCN)CC1.[HH]. The topological polar surface area (TPSA) is 38.5 Å². The standard InChI is InChI=1S/C10H22N2O.C3H8.H2/c1-2-6-12-7-3-10(4-8-12)13-9-5-11;1-3-2;/h10H,2-9,11H2,1H3;3H2,1-2H3;1H. The molecule has 0 spiro atoms. The molecule has 16 heavy (non-hydrogen) atoms. The van der Waals surface area contributed by atoms with Gasteiger partial charge in [0.1, 0.15) is 0 Å². The van der Waals surface area contributed by atoms with Gasteiger partial charge in [-0.15, -0.1) is 0 Å². The van der Waals surface area contributed by atoms with Crippen molar-refractivity contribution in [1.82, 2.24) is 4.90 Å². The van der Waals surface area contributed by atoms with Crippen LogP contribution in [0.4, 0.5) is 0 Å². The van der Waals surface area contributed by atoms with Gasteiger partial charge in [0.15, 0.2) is 0 Å². The zero-order valence-electron chi connectivity index (χ0n) is 11.4. The molecule has 0 unspecified atom stereocenters. The van der Waals surface area contributed by atoms with Crippen LogP contribution in [0.2, 0.25) is 0 Å². The van der Waals surface area contributed by atoms with E-state index in [2.05, 4.69) is 25.7 Å². The molecule has 1 fully saturated rings. The Hall–Kier alpha value is -0.120. The van der Waals surface area contributed by atoms with Crippen molar-refractivity contribution in [3.8, 4) is 0 Å². The first-order valence-corrected chi connectivity index (χ1v) is 6.82. The van der Waals surface area contributed by atoms with Crippen LogP contribution in [-0.4, -0.2) is 43.8 Å². The van der Waals surface area contributed by atoms with Gasteiger partial charge in [-0.2, -0.15) is 0 Å². The predicted molar refractivity (Wildman–Crippen MR) is 72.8 cm³/mol. The zero-order chi connectivity index (χ0) is 12.2. The minimum absolute atomic E-state index is 0. The van der Waals surface area contributed by atoms with Gasteiger partial charge in [0.2, 0.25) is 0 Å². The fraction of sp³-hybridized carbons (Fsp3) is 1.00. The van der Waals surface area contributed by atoms with E-state index in [1.165, 1.54) is 45.3 Å². The Balaban J connectivity index is 0. The van der Waals surface area contributed by atoms with E-state index < -0.39 is 0 Å². The van der Waals surface area contributed by atoms with Crippen LogP contribution in [0.5, 0.6) is 0 Å². The van der Waals surface area contributed by atoms with Gasteiger partial charge in [0, 0.05) is 21.1 Å². The summed E-state index contributed by atoms with van der Waals surface area (Å²) < 4.78 is 5.61. The lowest BCUT2D eigenvalue weighted by molar-refractivity contribution is 0.0116. The van der Waals surface area contributed by atoms with Crippen molar-refractivity contribution in [2.75, 3.05) is 32.8 Å². The zero-order valence-corrected chi connectivity index (χ0v) is 11.4. The Kier molecular flexibility index (Phi) is 11.3. The van der Waals surface area contributed by atoms with Crippen LogP contribution in [0.15, 0.2) is 0 Å². The molecule has 1 rings (SSSR count). The summed E-state index contributed by atoms with van der Waals surface area (Å²) in [5, 5.41) is 0. The monoisotopic (exact) mass is 232 g/mol. The lowest BCUT2D eigenvalue weighted by atomic mass is 10.1. The molecule has 2 N–H and O–H groups in total. The number of piperidine rings is 1. The first kappa shape index (κ1) is 15.9. The summed E-state index contributed by atoms with van der Waals surface area (Å²) in [6.45, 7) is 11.5. The third kappa shape index (κ3) is 8.08. The van der Waals surface area contributed by atoms with Gasteiger partial charge < -0.3 is 15.4 Å². The van der Waals surface area contributed by atoms with Crippen LogP contribution in [0.1, 0.15) is 47.9 Å². The van der Waals surface area contributed by atoms with Gasteiger partial charge in [-0.25, -0.2) is 0 Å². The van der Waals surface area contributed by atoms with Crippen molar-refractivity contribution >= 4 is 0 Å². The summed E-state index contributed by atoms with van der Waals surface area (Å²) in [6, 6.07) is 0. The van der Waals surface area contributed by atoms with Crippen molar-refractivity contribution < 1.29 is 6.16 Å². The summed E-state index contributed by atoms with van der Waals surface area (Å²) >= 11 is 0. The summed E-state index contributed by atoms with van der Waals surface area (Å²) in [6.07, 6.45) is 5.34. The van der Waals surface area contributed by atoms with Crippen molar-refractivity contribution in [3.05, 3.63) is 0 Å². The van der Waals surface area contributed by atoms with Gasteiger partial charge in [0.25, 0.3) is 0 Å². The molecule has 0 bridgehead atoms. The van der Waals surface area contributed by atoms with Crippen molar-refractivity contribution in [1.29, 1.82) is 0 Å². The molecule has 0 amide bonds. The van der Waals surface area contributed by atoms with Crippen LogP contribution in [0, 0.1) is 0 Å². The molecule has 1 heterocycles. The van der Waals surface area contributed by atoms with E-state index in [1.54, 1.807) is 0 Å². The van der Waals surface area contributed by atoms with Gasteiger partial charge in [-0.3, -0.25) is 0 Å². The minimum Gasteiger partial charge on any atom is -0.377 e. The molecule has 1 saturated heterocycles. The molecule has 100 valence electrons. The molecular weight excluding hydrogens is 200 g/mol. The van der Waals surface area contributed by atoms with Crippen LogP contribution in [0.25, 0.3) is 0 Å². The molecule has 0 saturated carbocycles. The summed E-state index contributed by atoms with van der Waals surface area (Å²) in [7, 11) is 0. The Bertz CT molecular complexity index is 139. The molecule has 0 aliphatic carbocycles. The van der Waals surface area contributed by atoms with Crippen LogP contribution in [0.3, 0.4) is 0 Å². The van der Waals surface area contributed by atoms with Gasteiger partial charge in [-0.05, 0) is 25.8 Å². The molecule has 1 aliphatic heterocycles. The third-order valence-electron chi connectivity index (χ3n) is 2.55. The first-order valence-electron chi connectivity index (χ1n) is 6.82. The molecule has 1 aliphatic rings. The number of hydrogen-bond donors (Lipinski definition) is 1. The van der Waals surface area contributed by atoms with E-state index in [1.807, 2.05) is 0 Å². The highest BCUT2D eigenvalue weighted by molar-refractivity contribution is 4.71. The Morgan fingerprint density at radius 2 is 1.81 bits per heavy atom. The number of ether oxygens (including phenoxy) is 1. The number of hydrogen-bond acceptors (Lipinski definition) is 3. The normalized spacial score (nSPS) is 18.0. The predicted octanol–water partition coefficient (Wildman–Crippen LogP) is 2.50. The van der Waals surface area contributed by atoms with Crippen LogP contribution >= 0.6 is 0 Å². The van der Waals surface area contributed by atoms with Gasteiger partial charge in [0.05, 0.1) is 12.7 Å². The molecule has 0 radical (unpaired) electrons. The largest absolute Gasteiger partial charge is 0.377 e. The number of rotatable bonds is 5. The fourth-order valence-corrected chi connectivity index (χ4v) is 1.85. The number of nitrogens with two attached hydrogens (primary N) is 1. The first-order chi connectivity index (χ1) is 7.78. The number of nitrogens with zero attached hydrogens (tertiary/aromatic N) is 1. The van der Waals surface area contributed by atoms with E-state index in [-0.39, 0.29) is 1.43 Å². The van der Waals surface area contributed by atoms with E-state index in [0.717, 1.165) is 6.61 Å². The molecule has 0 aromatic rings. The van der Waals surface area contributed by atoms with E-state index >= 15 is 0 Å². The average molecular weight is 232 g/mol. The molecule has 0 atom stereocenters. The molecule has 3 nitrogen and oxygen atoms in total. The van der Waals surface area contributed by atoms with E-state index in [0.29, 0.717) is 12.6 Å². The average Bonchev–Trinajstić information content (AvgIpc) is 2.30. The molecule has 0 aromatic heterocycles. The highest BCUT2D eigenvalue weighted by Crippen LogP contribution is 2.13. The molecule has 0 aromatic carbocycles. The van der Waals surface area contributed by atoms with Gasteiger partial charge >= 0.3 is 0 Å². The minimum atomic E-state index is 0. The maximum Gasteiger partial charge on any atom is 0.0600 e. The third-order valence-corrected chi connectivity index (χ3v) is 2.55. The highest BCUT2D eigenvalue weighted by atomic mass is 16.5. The number of likely N-dealkylation sites (tertiary alicyclic amines) is 1. The summed E-state index contributed by atoms with van der Waals surface area (Å²) in [5.74, 6) is 0. The van der Waals surface area contributed by atoms with Gasteiger partial charge in [-0.1, -0.05) is 27.2 Å². The fourth-order valence-electron chi connectivity index (χ4n) is 1.85. The smallest absolute Gasteiger partial charge is 0.0600 e. The highest BCUT2D eigenvalue weighted by Gasteiger charge is 2.18. The second-order valence-corrected chi connectivity index (χ2v) is 4.41. The van der Waals surface area contributed by atoms with Crippen molar-refractivity contribution in [3.63, 3.8) is 0 Å². The molecular formula is C13H32N2O. The summed E-state index contributed by atoms with van der Waals surface area (Å²) in [4.78, 5) is 2.52. The Morgan fingerprint density at radius 1 is 1.25 bits per heavy atom. The second-order valence-electron chi connectivity index (χ2n) is 4.41. The van der Waals surface area contributed by atoms with Crippen LogP contribution in [-0.2, 0) is 4.74 Å². The maximum absolute atomic E-state index is 5.61. The van der Waals surface area contributed by atoms with Crippen molar-refractivity contribution in [2.24, 2.45) is 5.73 Å². The van der Waals surface area contributed by atoms with Crippen LogP contribution < -0.4 is 5.73 Å². The van der Waals surface area contributed by atoms with E-state index in [4.69, 9.17) is 10.5 Å². The lowest BCUT2D eigenvalue weighted by Crippen LogP contribution is -2.37. The second kappa shape index (κ2) is 11.4. The lowest BCUT2D eigenvalue weighted by Gasteiger charge is -2.31.